The van der Waals surface area contributed by atoms with Crippen molar-refractivity contribution in [3.63, 3.8) is 0 Å². The minimum Gasteiger partial charge on any atom is -0.435 e. The van der Waals surface area contributed by atoms with Crippen molar-refractivity contribution in [1.82, 2.24) is 0 Å². The fourth-order valence-corrected chi connectivity index (χ4v) is 5.24. The molecule has 2 aliphatic rings. The molecule has 4 atom stereocenters. The van der Waals surface area contributed by atoms with E-state index >= 15 is 0 Å². The molecular weight excluding hydrogens is 416 g/mol. The Morgan fingerprint density at radius 2 is 1.56 bits per heavy atom. The molecule has 0 spiro atoms. The zero-order valence-corrected chi connectivity index (χ0v) is 17.8. The highest BCUT2D eigenvalue weighted by molar-refractivity contribution is 5.46. The standard InChI is InChI=1S/C27H26F4O/c1-2-17-3-7-20-14-21(9-8-19(20)13-17)22-15-25(28)24(26(29)16-22)12-6-18-4-10-23(11-5-18)32-27(30)31/h2,4-5,10-11,15-17,19-21,27H,1,3,7-9,13-14H2. The summed E-state index contributed by atoms with van der Waals surface area (Å²) < 4.78 is 58.2. The van der Waals surface area contributed by atoms with Gasteiger partial charge >= 0.3 is 6.61 Å². The van der Waals surface area contributed by atoms with Gasteiger partial charge in [0.05, 0.1) is 5.56 Å². The van der Waals surface area contributed by atoms with Crippen LogP contribution in [0.4, 0.5) is 17.6 Å². The van der Waals surface area contributed by atoms with E-state index in [4.69, 9.17) is 0 Å². The lowest BCUT2D eigenvalue weighted by molar-refractivity contribution is -0.0498. The Balaban J connectivity index is 1.46. The molecule has 2 aromatic rings. The van der Waals surface area contributed by atoms with Gasteiger partial charge in [-0.3, -0.25) is 0 Å². The molecule has 0 aliphatic heterocycles. The first-order chi connectivity index (χ1) is 15.4. The average molecular weight is 442 g/mol. The lowest BCUT2D eigenvalue weighted by Crippen LogP contribution is -2.30. The molecule has 2 aliphatic carbocycles. The largest absolute Gasteiger partial charge is 0.435 e. The summed E-state index contributed by atoms with van der Waals surface area (Å²) in [7, 11) is 0. The zero-order chi connectivity index (χ0) is 22.7. The topological polar surface area (TPSA) is 9.23 Å². The number of allylic oxidation sites excluding steroid dienone is 1. The molecule has 0 N–H and O–H groups in total. The number of hydrogen-bond acceptors (Lipinski definition) is 1. The van der Waals surface area contributed by atoms with E-state index in [9.17, 15) is 17.6 Å². The first kappa shape index (κ1) is 22.5. The molecule has 2 fully saturated rings. The Labute approximate surface area is 186 Å². The second-order valence-corrected chi connectivity index (χ2v) is 8.85. The van der Waals surface area contributed by atoms with Crippen molar-refractivity contribution in [2.75, 3.05) is 0 Å². The number of alkyl halides is 2. The van der Waals surface area contributed by atoms with E-state index in [1.165, 1.54) is 42.8 Å². The predicted molar refractivity (Wildman–Crippen MR) is 117 cm³/mol. The smallest absolute Gasteiger partial charge is 0.387 e. The summed E-state index contributed by atoms with van der Waals surface area (Å²) in [6.07, 6.45) is 8.59. The lowest BCUT2D eigenvalue weighted by atomic mass is 9.64. The van der Waals surface area contributed by atoms with Gasteiger partial charge in [0.2, 0.25) is 0 Å². The van der Waals surface area contributed by atoms with Gasteiger partial charge in [-0.05, 0) is 104 Å². The number of rotatable bonds is 4. The van der Waals surface area contributed by atoms with E-state index in [1.54, 1.807) is 0 Å². The summed E-state index contributed by atoms with van der Waals surface area (Å²) in [6, 6.07) is 8.46. The Kier molecular flexibility index (Phi) is 6.89. The fourth-order valence-electron chi connectivity index (χ4n) is 5.24. The molecule has 2 saturated carbocycles. The summed E-state index contributed by atoms with van der Waals surface area (Å²) in [5.74, 6) is 5.99. The van der Waals surface area contributed by atoms with E-state index in [2.05, 4.69) is 29.2 Å². The number of halogens is 4. The molecule has 0 saturated heterocycles. The van der Waals surface area contributed by atoms with Crippen molar-refractivity contribution in [2.45, 2.75) is 51.1 Å². The van der Waals surface area contributed by atoms with Crippen LogP contribution in [0.25, 0.3) is 0 Å². The normalized spacial score (nSPS) is 24.9. The minimum absolute atomic E-state index is 0.0000334. The molecule has 5 heteroatoms. The van der Waals surface area contributed by atoms with Crippen LogP contribution in [0, 0.1) is 41.2 Å². The quantitative estimate of drug-likeness (QED) is 0.271. The molecule has 2 aromatic carbocycles. The van der Waals surface area contributed by atoms with Crippen molar-refractivity contribution in [3.05, 3.63) is 77.4 Å². The van der Waals surface area contributed by atoms with Crippen molar-refractivity contribution in [2.24, 2.45) is 17.8 Å². The number of benzene rings is 2. The van der Waals surface area contributed by atoms with Crippen LogP contribution in [-0.4, -0.2) is 6.61 Å². The summed E-state index contributed by atoms with van der Waals surface area (Å²) in [5.41, 5.74) is 0.883. The first-order valence-electron chi connectivity index (χ1n) is 11.1. The van der Waals surface area contributed by atoms with Crippen molar-refractivity contribution >= 4 is 0 Å². The monoisotopic (exact) mass is 442 g/mol. The van der Waals surface area contributed by atoms with Crippen LogP contribution in [0.5, 0.6) is 5.75 Å². The van der Waals surface area contributed by atoms with Gasteiger partial charge in [0.1, 0.15) is 17.4 Å². The molecule has 4 unspecified atom stereocenters. The molecule has 168 valence electrons. The second kappa shape index (κ2) is 9.81. The lowest BCUT2D eigenvalue weighted by Gasteiger charge is -2.41. The van der Waals surface area contributed by atoms with Crippen LogP contribution in [0.15, 0.2) is 49.1 Å². The summed E-state index contributed by atoms with van der Waals surface area (Å²) in [5, 5.41) is 0. The maximum absolute atomic E-state index is 14.7. The van der Waals surface area contributed by atoms with E-state index in [1.807, 2.05) is 0 Å². The highest BCUT2D eigenvalue weighted by Gasteiger charge is 2.35. The molecule has 1 nitrogen and oxygen atoms in total. The van der Waals surface area contributed by atoms with E-state index in [0.29, 0.717) is 28.9 Å². The summed E-state index contributed by atoms with van der Waals surface area (Å²) in [6.45, 7) is 1.02. The summed E-state index contributed by atoms with van der Waals surface area (Å²) >= 11 is 0. The average Bonchev–Trinajstić information content (AvgIpc) is 2.78. The van der Waals surface area contributed by atoms with Crippen molar-refractivity contribution in [1.29, 1.82) is 0 Å². The molecule has 0 bridgehead atoms. The van der Waals surface area contributed by atoms with E-state index < -0.39 is 18.2 Å². The van der Waals surface area contributed by atoms with Crippen LogP contribution in [0.3, 0.4) is 0 Å². The molecular formula is C27H26F4O. The molecule has 4 rings (SSSR count). The third-order valence-corrected chi connectivity index (χ3v) is 6.93. The SMILES string of the molecule is C=CC1CCC2CC(c3cc(F)c(C#Cc4ccc(OC(F)F)cc4)c(F)c3)CCC2C1. The van der Waals surface area contributed by atoms with Gasteiger partial charge in [0.15, 0.2) is 0 Å². The Morgan fingerprint density at radius 3 is 2.22 bits per heavy atom. The number of ether oxygens (including phenoxy) is 1. The zero-order valence-electron chi connectivity index (χ0n) is 17.8. The highest BCUT2D eigenvalue weighted by atomic mass is 19.3. The molecule has 0 aromatic heterocycles. The second-order valence-electron chi connectivity index (χ2n) is 8.85. The van der Waals surface area contributed by atoms with E-state index in [-0.39, 0.29) is 17.2 Å². The van der Waals surface area contributed by atoms with Crippen LogP contribution in [-0.2, 0) is 0 Å². The molecule has 0 radical (unpaired) electrons. The molecule has 32 heavy (non-hydrogen) atoms. The Bertz CT molecular complexity index is 995. The predicted octanol–water partition coefficient (Wildman–Crippen LogP) is 7.45. The fraction of sp³-hybridized carbons (Fsp3) is 0.407. The van der Waals surface area contributed by atoms with Gasteiger partial charge in [-0.15, -0.1) is 6.58 Å². The number of fused-ring (bicyclic) bond motifs is 1. The Hall–Kier alpha value is -2.74. The molecule has 0 heterocycles. The van der Waals surface area contributed by atoms with Crippen molar-refractivity contribution < 1.29 is 22.3 Å². The highest BCUT2D eigenvalue weighted by Crippen LogP contribution is 2.48. The van der Waals surface area contributed by atoms with Crippen LogP contribution < -0.4 is 4.74 Å². The first-order valence-corrected chi connectivity index (χ1v) is 11.1. The van der Waals surface area contributed by atoms with Gasteiger partial charge in [-0.1, -0.05) is 17.9 Å². The Morgan fingerprint density at radius 1 is 0.906 bits per heavy atom. The van der Waals surface area contributed by atoms with Crippen LogP contribution in [0.1, 0.15) is 61.1 Å². The van der Waals surface area contributed by atoms with Gasteiger partial charge in [-0.2, -0.15) is 8.78 Å². The van der Waals surface area contributed by atoms with E-state index in [0.717, 1.165) is 32.1 Å². The molecule has 0 amide bonds. The maximum atomic E-state index is 14.7. The van der Waals surface area contributed by atoms with Crippen molar-refractivity contribution in [3.8, 4) is 17.6 Å². The van der Waals surface area contributed by atoms with Crippen LogP contribution in [0.2, 0.25) is 0 Å². The van der Waals surface area contributed by atoms with Crippen LogP contribution >= 0.6 is 0 Å². The van der Waals surface area contributed by atoms with Gasteiger partial charge in [0.25, 0.3) is 0 Å². The third-order valence-electron chi connectivity index (χ3n) is 6.93. The minimum atomic E-state index is -2.91. The van der Waals surface area contributed by atoms with Gasteiger partial charge in [-0.25, -0.2) is 8.78 Å². The number of hydrogen-bond donors (Lipinski definition) is 0. The van der Waals surface area contributed by atoms with Gasteiger partial charge in [0, 0.05) is 5.56 Å². The van der Waals surface area contributed by atoms with Gasteiger partial charge < -0.3 is 4.74 Å². The summed E-state index contributed by atoms with van der Waals surface area (Å²) in [4.78, 5) is 0. The third kappa shape index (κ3) is 5.18. The maximum Gasteiger partial charge on any atom is 0.387 e.